The van der Waals surface area contributed by atoms with Gasteiger partial charge < -0.3 is 15.3 Å². The van der Waals surface area contributed by atoms with Gasteiger partial charge in [0.2, 0.25) is 0 Å². The molecule has 0 saturated carbocycles. The van der Waals surface area contributed by atoms with Crippen molar-refractivity contribution in [3.05, 3.63) is 0 Å². The lowest BCUT2D eigenvalue weighted by atomic mass is 10.0. The highest BCUT2D eigenvalue weighted by Crippen LogP contribution is 2.09. The second-order valence-electron chi connectivity index (χ2n) is 4.87. The molecule has 0 amide bonds. The van der Waals surface area contributed by atoms with Crippen LogP contribution in [0.15, 0.2) is 0 Å². The highest BCUT2D eigenvalue weighted by Gasteiger charge is 2.32. The van der Waals surface area contributed by atoms with Gasteiger partial charge in [0, 0.05) is 6.54 Å². The number of rotatable bonds is 10. The van der Waals surface area contributed by atoms with Gasteiger partial charge in [-0.2, -0.15) is 0 Å². The molecule has 0 rings (SSSR count). The molecule has 4 heteroatoms. The maximum atomic E-state index is 11.2. The zero-order chi connectivity index (χ0) is 13.3. The topological polar surface area (TPSA) is 52.6 Å². The standard InChI is InChI=1S/C13H28N2O2/c1-5-7-9-15(10-8-6-2)11-13(3,14-4)12(16)17/h14H,5-11H2,1-4H3,(H,16,17). The van der Waals surface area contributed by atoms with Crippen LogP contribution in [0.2, 0.25) is 0 Å². The number of hydrogen-bond donors (Lipinski definition) is 2. The van der Waals surface area contributed by atoms with Gasteiger partial charge in [-0.1, -0.05) is 26.7 Å². The van der Waals surface area contributed by atoms with Gasteiger partial charge in [-0.3, -0.25) is 4.79 Å². The fourth-order valence-electron chi connectivity index (χ4n) is 1.73. The Morgan fingerprint density at radius 3 is 2.00 bits per heavy atom. The molecule has 0 radical (unpaired) electrons. The summed E-state index contributed by atoms with van der Waals surface area (Å²) in [6.07, 6.45) is 4.55. The van der Waals surface area contributed by atoms with Crippen molar-refractivity contribution in [3.63, 3.8) is 0 Å². The summed E-state index contributed by atoms with van der Waals surface area (Å²) in [5.41, 5.74) is -0.846. The van der Waals surface area contributed by atoms with E-state index in [1.165, 1.54) is 0 Å². The Morgan fingerprint density at radius 1 is 1.24 bits per heavy atom. The SMILES string of the molecule is CCCCN(CCCC)CC(C)(NC)C(=O)O. The van der Waals surface area contributed by atoms with E-state index in [0.717, 1.165) is 38.8 Å². The summed E-state index contributed by atoms with van der Waals surface area (Å²) in [5.74, 6) is -0.780. The number of nitrogens with zero attached hydrogens (tertiary/aromatic N) is 1. The number of hydrogen-bond acceptors (Lipinski definition) is 3. The van der Waals surface area contributed by atoms with Crippen molar-refractivity contribution in [2.45, 2.75) is 52.0 Å². The van der Waals surface area contributed by atoms with Crippen LogP contribution < -0.4 is 5.32 Å². The summed E-state index contributed by atoms with van der Waals surface area (Å²) < 4.78 is 0. The normalized spacial score (nSPS) is 14.9. The molecule has 2 N–H and O–H groups in total. The van der Waals surface area contributed by atoms with E-state index in [4.69, 9.17) is 0 Å². The Kier molecular flexibility index (Phi) is 8.17. The third kappa shape index (κ3) is 6.03. The van der Waals surface area contributed by atoms with Crippen LogP contribution in [0.4, 0.5) is 0 Å². The third-order valence-electron chi connectivity index (χ3n) is 3.22. The molecule has 1 atom stereocenters. The number of carboxylic acid groups (broad SMARTS) is 1. The lowest BCUT2D eigenvalue weighted by Gasteiger charge is -2.32. The number of nitrogens with one attached hydrogen (secondary N) is 1. The predicted octanol–water partition coefficient (Wildman–Crippen LogP) is 1.95. The summed E-state index contributed by atoms with van der Waals surface area (Å²) in [5, 5.41) is 12.2. The van der Waals surface area contributed by atoms with Crippen LogP contribution in [-0.2, 0) is 4.79 Å². The lowest BCUT2D eigenvalue weighted by Crippen LogP contribution is -2.55. The summed E-state index contributed by atoms with van der Waals surface area (Å²) in [4.78, 5) is 13.5. The average Bonchev–Trinajstić information content (AvgIpc) is 2.32. The molecular weight excluding hydrogens is 216 g/mol. The largest absolute Gasteiger partial charge is 0.480 e. The Bertz CT molecular complexity index is 213. The van der Waals surface area contributed by atoms with Crippen LogP contribution in [0.3, 0.4) is 0 Å². The zero-order valence-electron chi connectivity index (χ0n) is 11.8. The van der Waals surface area contributed by atoms with E-state index in [0.29, 0.717) is 6.54 Å². The van der Waals surface area contributed by atoms with Crippen molar-refractivity contribution in [3.8, 4) is 0 Å². The van der Waals surface area contributed by atoms with E-state index in [1.807, 2.05) is 0 Å². The van der Waals surface area contributed by atoms with Crippen LogP contribution in [0.1, 0.15) is 46.5 Å². The average molecular weight is 244 g/mol. The minimum absolute atomic E-state index is 0.568. The van der Waals surface area contributed by atoms with E-state index in [9.17, 15) is 9.90 Å². The maximum absolute atomic E-state index is 11.2. The van der Waals surface area contributed by atoms with E-state index >= 15 is 0 Å². The number of carbonyl (C=O) groups is 1. The van der Waals surface area contributed by atoms with Gasteiger partial charge in [-0.05, 0) is 39.9 Å². The third-order valence-corrected chi connectivity index (χ3v) is 3.22. The highest BCUT2D eigenvalue weighted by atomic mass is 16.4. The van der Waals surface area contributed by atoms with E-state index in [1.54, 1.807) is 14.0 Å². The summed E-state index contributed by atoms with van der Waals surface area (Å²) in [6, 6.07) is 0. The Labute approximate surface area is 105 Å². The first-order chi connectivity index (χ1) is 8.00. The molecule has 17 heavy (non-hydrogen) atoms. The van der Waals surface area contributed by atoms with Crippen molar-refractivity contribution in [2.24, 2.45) is 0 Å². The molecule has 0 fully saturated rings. The Balaban J connectivity index is 4.41. The monoisotopic (exact) mass is 244 g/mol. The molecule has 0 heterocycles. The van der Waals surface area contributed by atoms with E-state index in [-0.39, 0.29) is 0 Å². The molecule has 102 valence electrons. The molecule has 0 aromatic rings. The van der Waals surface area contributed by atoms with Crippen molar-refractivity contribution >= 4 is 5.97 Å². The second-order valence-corrected chi connectivity index (χ2v) is 4.87. The van der Waals surface area contributed by atoms with Gasteiger partial charge >= 0.3 is 5.97 Å². The highest BCUT2D eigenvalue weighted by molar-refractivity contribution is 5.78. The molecule has 0 aliphatic rings. The van der Waals surface area contributed by atoms with Crippen molar-refractivity contribution in [2.75, 3.05) is 26.7 Å². The molecule has 4 nitrogen and oxygen atoms in total. The Morgan fingerprint density at radius 2 is 1.71 bits per heavy atom. The summed E-state index contributed by atoms with van der Waals surface area (Å²) >= 11 is 0. The maximum Gasteiger partial charge on any atom is 0.324 e. The molecule has 0 aliphatic heterocycles. The smallest absolute Gasteiger partial charge is 0.324 e. The van der Waals surface area contributed by atoms with Crippen LogP contribution in [0.5, 0.6) is 0 Å². The lowest BCUT2D eigenvalue weighted by molar-refractivity contribution is -0.144. The number of likely N-dealkylation sites (N-methyl/N-ethyl adjacent to an activating group) is 1. The van der Waals surface area contributed by atoms with Crippen LogP contribution in [0.25, 0.3) is 0 Å². The van der Waals surface area contributed by atoms with Crippen LogP contribution >= 0.6 is 0 Å². The molecule has 1 unspecified atom stereocenters. The van der Waals surface area contributed by atoms with Gasteiger partial charge in [-0.15, -0.1) is 0 Å². The summed E-state index contributed by atoms with van der Waals surface area (Å²) in [7, 11) is 1.71. The van der Waals surface area contributed by atoms with Crippen molar-refractivity contribution in [1.29, 1.82) is 0 Å². The van der Waals surface area contributed by atoms with Gasteiger partial charge in [-0.25, -0.2) is 0 Å². The van der Waals surface area contributed by atoms with Crippen LogP contribution in [0, 0.1) is 0 Å². The second kappa shape index (κ2) is 8.48. The Hall–Kier alpha value is -0.610. The first-order valence-corrected chi connectivity index (χ1v) is 6.64. The minimum atomic E-state index is -0.846. The number of carboxylic acids is 1. The number of unbranched alkanes of at least 4 members (excludes halogenated alkanes) is 2. The predicted molar refractivity (Wildman–Crippen MR) is 71.4 cm³/mol. The fraction of sp³-hybridized carbons (Fsp3) is 0.923. The molecule has 0 saturated heterocycles. The first kappa shape index (κ1) is 16.4. The first-order valence-electron chi connectivity index (χ1n) is 6.64. The van der Waals surface area contributed by atoms with Gasteiger partial charge in [0.05, 0.1) is 0 Å². The molecule has 0 aliphatic carbocycles. The van der Waals surface area contributed by atoms with Crippen LogP contribution in [-0.4, -0.2) is 48.2 Å². The summed E-state index contributed by atoms with van der Waals surface area (Å²) in [6.45, 7) is 8.61. The van der Waals surface area contributed by atoms with Crippen molar-refractivity contribution in [1.82, 2.24) is 10.2 Å². The van der Waals surface area contributed by atoms with Gasteiger partial charge in [0.25, 0.3) is 0 Å². The molecular formula is C13H28N2O2. The fourth-order valence-corrected chi connectivity index (χ4v) is 1.73. The molecule has 0 spiro atoms. The van der Waals surface area contributed by atoms with Gasteiger partial charge in [0.1, 0.15) is 5.54 Å². The zero-order valence-corrected chi connectivity index (χ0v) is 11.8. The molecule has 0 bridgehead atoms. The number of aliphatic carboxylic acids is 1. The van der Waals surface area contributed by atoms with Crippen molar-refractivity contribution < 1.29 is 9.90 Å². The quantitative estimate of drug-likeness (QED) is 0.617. The van der Waals surface area contributed by atoms with E-state index < -0.39 is 11.5 Å². The molecule has 0 aromatic heterocycles. The van der Waals surface area contributed by atoms with Gasteiger partial charge in [0.15, 0.2) is 0 Å². The minimum Gasteiger partial charge on any atom is -0.480 e. The van der Waals surface area contributed by atoms with E-state index in [2.05, 4.69) is 24.1 Å². The molecule has 0 aromatic carbocycles.